The first-order chi connectivity index (χ1) is 8.01. The number of sulfone groups is 1. The van der Waals surface area contributed by atoms with E-state index in [0.717, 1.165) is 0 Å². The van der Waals surface area contributed by atoms with Crippen molar-refractivity contribution in [2.45, 2.75) is 18.1 Å². The number of rotatable bonds is 3. The van der Waals surface area contributed by atoms with E-state index in [1.54, 1.807) is 13.0 Å². The molecule has 0 bridgehead atoms. The lowest BCUT2D eigenvalue weighted by atomic mass is 10.1. The largest absolute Gasteiger partial charge is 0.228 e. The first-order valence-corrected chi connectivity index (χ1v) is 7.09. The van der Waals surface area contributed by atoms with Gasteiger partial charge in [0.2, 0.25) is 0 Å². The molecule has 1 fully saturated rings. The summed E-state index contributed by atoms with van der Waals surface area (Å²) in [5, 5.41) is 8.26. The third-order valence-corrected chi connectivity index (χ3v) is 5.37. The predicted molar refractivity (Wildman–Crippen MR) is 61.5 cm³/mol. The molecule has 0 aliphatic heterocycles. The van der Waals surface area contributed by atoms with Crippen LogP contribution >= 0.6 is 0 Å². The van der Waals surface area contributed by atoms with Crippen LogP contribution in [0.5, 0.6) is 0 Å². The summed E-state index contributed by atoms with van der Waals surface area (Å²) in [4.78, 5) is 0. The molecule has 1 aliphatic rings. The van der Waals surface area contributed by atoms with Gasteiger partial charge in [-0.15, -0.1) is 0 Å². The highest BCUT2D eigenvalue weighted by molar-refractivity contribution is 7.92. The molecule has 0 unspecified atom stereocenters. The van der Waals surface area contributed by atoms with Gasteiger partial charge in [0, 0.05) is 11.7 Å². The van der Waals surface area contributed by atoms with E-state index in [-0.39, 0.29) is 11.7 Å². The molecule has 1 aromatic rings. The quantitative estimate of drug-likeness (QED) is 0.826. The zero-order valence-electron chi connectivity index (χ0n) is 9.30. The molecule has 1 aromatic carbocycles. The van der Waals surface area contributed by atoms with E-state index in [1.807, 2.05) is 6.07 Å². The van der Waals surface area contributed by atoms with Crippen molar-refractivity contribution in [1.82, 2.24) is 0 Å². The fraction of sp³-hybridized carbons (Fsp3) is 0.417. The number of halogens is 1. The van der Waals surface area contributed by atoms with Crippen molar-refractivity contribution in [2.75, 3.05) is 5.75 Å². The Morgan fingerprint density at radius 1 is 1.47 bits per heavy atom. The summed E-state index contributed by atoms with van der Waals surface area (Å²) in [7, 11) is -3.24. The van der Waals surface area contributed by atoms with E-state index in [0.29, 0.717) is 5.56 Å². The van der Waals surface area contributed by atoms with Crippen LogP contribution in [-0.4, -0.2) is 19.4 Å². The molecule has 1 saturated carbocycles. The first kappa shape index (κ1) is 12.1. The molecule has 17 heavy (non-hydrogen) atoms. The number of hydrogen-bond acceptors (Lipinski definition) is 3. The maximum atomic E-state index is 13.1. The Balaban J connectivity index is 2.34. The molecule has 1 aliphatic carbocycles. The van der Waals surface area contributed by atoms with Crippen LogP contribution < -0.4 is 0 Å². The molecule has 3 atom stereocenters. The van der Waals surface area contributed by atoms with Gasteiger partial charge < -0.3 is 0 Å². The Kier molecular flexibility index (Phi) is 2.92. The lowest BCUT2D eigenvalue weighted by Gasteiger charge is -2.00. The van der Waals surface area contributed by atoms with Gasteiger partial charge in [-0.05, 0) is 17.7 Å². The smallest absolute Gasteiger partial charge is 0.154 e. The van der Waals surface area contributed by atoms with Crippen LogP contribution in [0.4, 0.5) is 4.39 Å². The zero-order valence-corrected chi connectivity index (χ0v) is 10.1. The first-order valence-electron chi connectivity index (χ1n) is 5.38. The van der Waals surface area contributed by atoms with Crippen molar-refractivity contribution in [2.24, 2.45) is 5.92 Å². The van der Waals surface area contributed by atoms with Crippen LogP contribution in [0.1, 0.15) is 18.4 Å². The van der Waals surface area contributed by atoms with Crippen LogP contribution in [0.2, 0.25) is 0 Å². The zero-order chi connectivity index (χ0) is 12.6. The summed E-state index contributed by atoms with van der Waals surface area (Å²) < 4.78 is 36.6. The van der Waals surface area contributed by atoms with Crippen LogP contribution in [-0.2, 0) is 9.84 Å². The van der Waals surface area contributed by atoms with Gasteiger partial charge in [0.1, 0.15) is 5.82 Å². The van der Waals surface area contributed by atoms with Gasteiger partial charge in [0.15, 0.2) is 9.84 Å². The lowest BCUT2D eigenvalue weighted by Crippen LogP contribution is -2.12. The molecule has 90 valence electrons. The molecule has 0 saturated heterocycles. The molecule has 0 aromatic heterocycles. The van der Waals surface area contributed by atoms with E-state index in [4.69, 9.17) is 5.26 Å². The Morgan fingerprint density at radius 2 is 2.18 bits per heavy atom. The topological polar surface area (TPSA) is 57.9 Å². The second-order valence-electron chi connectivity index (χ2n) is 4.15. The summed E-state index contributed by atoms with van der Waals surface area (Å²) in [6.07, 6.45) is 0. The highest BCUT2D eigenvalue weighted by Gasteiger charge is 2.58. The van der Waals surface area contributed by atoms with Crippen LogP contribution in [0, 0.1) is 23.1 Å². The summed E-state index contributed by atoms with van der Waals surface area (Å²) in [6, 6.07) is 7.81. The summed E-state index contributed by atoms with van der Waals surface area (Å²) in [5.41, 5.74) is 0.596. The van der Waals surface area contributed by atoms with Gasteiger partial charge in [0.05, 0.1) is 17.2 Å². The standard InChI is InChI=1S/C12H12FNO2S/c1-2-17(15,16)12-10(7-14)11(12)8-4-3-5-9(13)6-8/h3-6,10-12H,2H2,1H3/t10-,11-,12+/m0/s1. The Bertz CT molecular complexity index is 576. The number of hydrogen-bond donors (Lipinski definition) is 0. The number of benzene rings is 1. The average Bonchev–Trinajstić information content (AvgIpc) is 3.04. The van der Waals surface area contributed by atoms with E-state index in [1.165, 1.54) is 18.2 Å². The maximum Gasteiger partial charge on any atom is 0.154 e. The van der Waals surface area contributed by atoms with Crippen molar-refractivity contribution in [1.29, 1.82) is 5.26 Å². The van der Waals surface area contributed by atoms with Crippen molar-refractivity contribution < 1.29 is 12.8 Å². The summed E-state index contributed by atoms with van der Waals surface area (Å²) >= 11 is 0. The fourth-order valence-electron chi connectivity index (χ4n) is 2.19. The Labute approximate surface area is 99.8 Å². The second-order valence-corrected chi connectivity index (χ2v) is 6.60. The van der Waals surface area contributed by atoms with Gasteiger partial charge in [-0.25, -0.2) is 12.8 Å². The van der Waals surface area contributed by atoms with Crippen LogP contribution in [0.15, 0.2) is 24.3 Å². The maximum absolute atomic E-state index is 13.1. The van der Waals surface area contributed by atoms with Crippen molar-refractivity contribution in [3.63, 3.8) is 0 Å². The molecule has 0 heterocycles. The monoisotopic (exact) mass is 253 g/mol. The van der Waals surface area contributed by atoms with Crippen molar-refractivity contribution in [3.8, 4) is 6.07 Å². The Morgan fingerprint density at radius 3 is 2.71 bits per heavy atom. The number of nitrogens with zero attached hydrogens (tertiary/aromatic N) is 1. The van der Waals surface area contributed by atoms with Gasteiger partial charge in [-0.2, -0.15) is 5.26 Å². The lowest BCUT2D eigenvalue weighted by molar-refractivity contribution is 0.594. The highest BCUT2D eigenvalue weighted by atomic mass is 32.2. The summed E-state index contributed by atoms with van der Waals surface area (Å²) in [5.74, 6) is -1.30. The minimum atomic E-state index is -3.24. The SMILES string of the molecule is CCS(=O)(=O)[C@@H]1[C@@H](C#N)[C@@H]1c1cccc(F)c1. The predicted octanol–water partition coefficient (Wildman–Crippen LogP) is 1.87. The Hall–Kier alpha value is -1.41. The molecule has 0 radical (unpaired) electrons. The molecule has 3 nitrogen and oxygen atoms in total. The minimum absolute atomic E-state index is 0.0155. The normalized spacial score (nSPS) is 27.5. The molecule has 0 amide bonds. The van der Waals surface area contributed by atoms with Crippen LogP contribution in [0.3, 0.4) is 0 Å². The van der Waals surface area contributed by atoms with Crippen molar-refractivity contribution >= 4 is 9.84 Å². The van der Waals surface area contributed by atoms with E-state index in [9.17, 15) is 12.8 Å². The van der Waals surface area contributed by atoms with E-state index >= 15 is 0 Å². The molecular weight excluding hydrogens is 241 g/mol. The molecular formula is C12H12FNO2S. The van der Waals surface area contributed by atoms with Gasteiger partial charge in [-0.1, -0.05) is 19.1 Å². The number of nitriles is 1. The third-order valence-electron chi connectivity index (χ3n) is 3.15. The van der Waals surface area contributed by atoms with Gasteiger partial charge in [-0.3, -0.25) is 0 Å². The molecule has 5 heteroatoms. The third kappa shape index (κ3) is 2.05. The molecule has 0 spiro atoms. The highest BCUT2D eigenvalue weighted by Crippen LogP contribution is 2.52. The molecule has 2 rings (SSSR count). The molecule has 0 N–H and O–H groups in total. The second kappa shape index (κ2) is 4.11. The van der Waals surface area contributed by atoms with Crippen LogP contribution in [0.25, 0.3) is 0 Å². The van der Waals surface area contributed by atoms with Gasteiger partial charge in [0.25, 0.3) is 0 Å². The average molecular weight is 253 g/mol. The van der Waals surface area contributed by atoms with Gasteiger partial charge >= 0.3 is 0 Å². The summed E-state index contributed by atoms with van der Waals surface area (Å²) in [6.45, 7) is 1.56. The van der Waals surface area contributed by atoms with E-state index < -0.39 is 26.8 Å². The van der Waals surface area contributed by atoms with E-state index in [2.05, 4.69) is 0 Å². The van der Waals surface area contributed by atoms with Crippen molar-refractivity contribution in [3.05, 3.63) is 35.6 Å². The fourth-order valence-corrected chi connectivity index (χ4v) is 3.93. The minimum Gasteiger partial charge on any atom is -0.228 e.